The summed E-state index contributed by atoms with van der Waals surface area (Å²) < 4.78 is 6.80. The monoisotopic (exact) mass is 398 g/mol. The number of rotatable bonds is 6. The summed E-state index contributed by atoms with van der Waals surface area (Å²) in [6.07, 6.45) is 3.97. The molecule has 2 fully saturated rings. The largest absolute Gasteiger partial charge is 0.379 e. The van der Waals surface area contributed by atoms with Crippen LogP contribution in [-0.2, 0) is 4.74 Å². The van der Waals surface area contributed by atoms with E-state index in [1.807, 2.05) is 11.8 Å². The summed E-state index contributed by atoms with van der Waals surface area (Å²) in [5.74, 6) is 0.722. The predicted octanol–water partition coefficient (Wildman–Crippen LogP) is 3.68. The van der Waals surface area contributed by atoms with Crippen molar-refractivity contribution in [2.75, 3.05) is 26.3 Å². The number of ether oxygens (including phenoxy) is 1. The highest BCUT2D eigenvalue weighted by Gasteiger charge is 2.34. The summed E-state index contributed by atoms with van der Waals surface area (Å²) in [6.45, 7) is 6.12. The van der Waals surface area contributed by atoms with Crippen molar-refractivity contribution in [2.45, 2.75) is 48.4 Å². The van der Waals surface area contributed by atoms with Gasteiger partial charge < -0.3 is 15.4 Å². The van der Waals surface area contributed by atoms with Crippen molar-refractivity contribution >= 4 is 27.7 Å². The zero-order chi connectivity index (χ0) is 16.1. The maximum Gasteiger partial charge on any atom is 0.0623 e. The van der Waals surface area contributed by atoms with Crippen molar-refractivity contribution in [1.82, 2.24) is 10.6 Å². The molecular weight excluding hydrogens is 372 g/mol. The standard InChI is InChI=1S/C18H27BrN2OS/c1-13(23-15-7-5-14(19)6-8-15)11-21-17-4-2-3-16(17)18-12-22-10-9-20-18/h5-8,13,16-18,20-21H,2-4,9-12H2,1H3. The molecule has 1 heterocycles. The molecule has 23 heavy (non-hydrogen) atoms. The van der Waals surface area contributed by atoms with Gasteiger partial charge in [0.2, 0.25) is 0 Å². The van der Waals surface area contributed by atoms with Crippen LogP contribution in [0.5, 0.6) is 0 Å². The van der Waals surface area contributed by atoms with Gasteiger partial charge >= 0.3 is 0 Å². The van der Waals surface area contributed by atoms with Crippen LogP contribution < -0.4 is 10.6 Å². The Kier molecular flexibility index (Phi) is 6.83. The van der Waals surface area contributed by atoms with E-state index in [0.29, 0.717) is 17.3 Å². The van der Waals surface area contributed by atoms with Gasteiger partial charge in [-0.3, -0.25) is 0 Å². The maximum atomic E-state index is 5.66. The van der Waals surface area contributed by atoms with Gasteiger partial charge in [0.15, 0.2) is 0 Å². The van der Waals surface area contributed by atoms with Crippen LogP contribution in [0.25, 0.3) is 0 Å². The average Bonchev–Trinajstić information content (AvgIpc) is 3.04. The van der Waals surface area contributed by atoms with Gasteiger partial charge in [0.25, 0.3) is 0 Å². The zero-order valence-electron chi connectivity index (χ0n) is 13.8. The summed E-state index contributed by atoms with van der Waals surface area (Å²) in [7, 11) is 0. The highest BCUT2D eigenvalue weighted by atomic mass is 79.9. The fourth-order valence-corrected chi connectivity index (χ4v) is 4.89. The number of morpholine rings is 1. The highest BCUT2D eigenvalue weighted by Crippen LogP contribution is 2.30. The molecule has 0 aromatic heterocycles. The van der Waals surface area contributed by atoms with Crippen LogP contribution in [0, 0.1) is 5.92 Å². The number of hydrogen-bond donors (Lipinski definition) is 2. The van der Waals surface area contributed by atoms with Crippen molar-refractivity contribution in [3.8, 4) is 0 Å². The second-order valence-electron chi connectivity index (χ2n) is 6.63. The fourth-order valence-electron chi connectivity index (χ4n) is 3.69. The third-order valence-electron chi connectivity index (χ3n) is 4.85. The normalized spacial score (nSPS) is 29.6. The number of nitrogens with one attached hydrogen (secondary N) is 2. The van der Waals surface area contributed by atoms with E-state index in [4.69, 9.17) is 4.74 Å². The first-order valence-corrected chi connectivity index (χ1v) is 10.4. The van der Waals surface area contributed by atoms with Crippen LogP contribution in [0.2, 0.25) is 0 Å². The van der Waals surface area contributed by atoms with E-state index in [9.17, 15) is 0 Å². The Morgan fingerprint density at radius 1 is 1.35 bits per heavy atom. The lowest BCUT2D eigenvalue weighted by Gasteiger charge is -2.33. The Bertz CT molecular complexity index is 478. The van der Waals surface area contributed by atoms with Crippen LogP contribution in [-0.4, -0.2) is 43.6 Å². The van der Waals surface area contributed by atoms with Gasteiger partial charge in [-0.15, -0.1) is 11.8 Å². The molecule has 0 bridgehead atoms. The van der Waals surface area contributed by atoms with E-state index in [-0.39, 0.29) is 0 Å². The van der Waals surface area contributed by atoms with Crippen molar-refractivity contribution in [1.29, 1.82) is 0 Å². The summed E-state index contributed by atoms with van der Waals surface area (Å²) in [5.41, 5.74) is 0. The van der Waals surface area contributed by atoms with E-state index in [1.54, 1.807) is 0 Å². The molecule has 4 unspecified atom stereocenters. The third-order valence-corrected chi connectivity index (χ3v) is 6.50. The molecule has 128 valence electrons. The van der Waals surface area contributed by atoms with Crippen LogP contribution in [0.4, 0.5) is 0 Å². The van der Waals surface area contributed by atoms with Crippen molar-refractivity contribution in [3.05, 3.63) is 28.7 Å². The Hall–Kier alpha value is -0.0700. The Morgan fingerprint density at radius 3 is 2.91 bits per heavy atom. The minimum Gasteiger partial charge on any atom is -0.379 e. The quantitative estimate of drug-likeness (QED) is 0.716. The Labute approximate surface area is 152 Å². The van der Waals surface area contributed by atoms with Crippen molar-refractivity contribution in [3.63, 3.8) is 0 Å². The number of halogens is 1. The summed E-state index contributed by atoms with van der Waals surface area (Å²) in [6, 6.07) is 9.79. The zero-order valence-corrected chi connectivity index (χ0v) is 16.2. The summed E-state index contributed by atoms with van der Waals surface area (Å²) in [5, 5.41) is 8.06. The van der Waals surface area contributed by atoms with Crippen molar-refractivity contribution in [2.24, 2.45) is 5.92 Å². The number of benzene rings is 1. The number of hydrogen-bond acceptors (Lipinski definition) is 4. The molecule has 3 nitrogen and oxygen atoms in total. The molecule has 0 amide bonds. The van der Waals surface area contributed by atoms with Gasteiger partial charge in [-0.25, -0.2) is 0 Å². The third kappa shape index (κ3) is 5.20. The van der Waals surface area contributed by atoms with E-state index in [0.717, 1.165) is 36.7 Å². The first-order valence-electron chi connectivity index (χ1n) is 8.69. The summed E-state index contributed by atoms with van der Waals surface area (Å²) in [4.78, 5) is 1.34. The van der Waals surface area contributed by atoms with Gasteiger partial charge in [-0.1, -0.05) is 29.3 Å². The van der Waals surface area contributed by atoms with E-state index in [2.05, 4.69) is 57.8 Å². The van der Waals surface area contributed by atoms with Gasteiger partial charge in [0.1, 0.15) is 0 Å². The first-order chi connectivity index (χ1) is 11.2. The smallest absolute Gasteiger partial charge is 0.0623 e. The minimum atomic E-state index is 0.540. The highest BCUT2D eigenvalue weighted by molar-refractivity contribution is 9.10. The van der Waals surface area contributed by atoms with Crippen LogP contribution in [0.15, 0.2) is 33.6 Å². The molecule has 0 radical (unpaired) electrons. The van der Waals surface area contributed by atoms with Crippen molar-refractivity contribution < 1.29 is 4.74 Å². The predicted molar refractivity (Wildman–Crippen MR) is 101 cm³/mol. The lowest BCUT2D eigenvalue weighted by atomic mass is 9.94. The fraction of sp³-hybridized carbons (Fsp3) is 0.667. The molecule has 1 aromatic carbocycles. The van der Waals surface area contributed by atoms with Crippen LogP contribution >= 0.6 is 27.7 Å². The molecule has 5 heteroatoms. The number of thioether (sulfide) groups is 1. The Morgan fingerprint density at radius 2 is 2.17 bits per heavy atom. The molecule has 2 aliphatic rings. The molecule has 2 N–H and O–H groups in total. The first kappa shape index (κ1) is 17.7. The van der Waals surface area contributed by atoms with Crippen LogP contribution in [0.3, 0.4) is 0 Å². The lowest BCUT2D eigenvalue weighted by molar-refractivity contribution is 0.0526. The summed E-state index contributed by atoms with van der Waals surface area (Å²) >= 11 is 5.44. The minimum absolute atomic E-state index is 0.540. The van der Waals surface area contributed by atoms with E-state index >= 15 is 0 Å². The average molecular weight is 399 g/mol. The van der Waals surface area contributed by atoms with Gasteiger partial charge in [0, 0.05) is 39.8 Å². The molecule has 0 spiro atoms. The van der Waals surface area contributed by atoms with Gasteiger partial charge in [-0.2, -0.15) is 0 Å². The molecule has 1 saturated carbocycles. The molecule has 1 aliphatic heterocycles. The molecule has 1 aromatic rings. The van der Waals surface area contributed by atoms with Gasteiger partial charge in [-0.05, 0) is 43.0 Å². The molecule has 4 atom stereocenters. The van der Waals surface area contributed by atoms with E-state index in [1.165, 1.54) is 24.2 Å². The molecule has 1 saturated heterocycles. The van der Waals surface area contributed by atoms with Crippen LogP contribution in [0.1, 0.15) is 26.2 Å². The molecule has 3 rings (SSSR count). The second kappa shape index (κ2) is 8.86. The van der Waals surface area contributed by atoms with Gasteiger partial charge in [0.05, 0.1) is 13.2 Å². The lowest BCUT2D eigenvalue weighted by Crippen LogP contribution is -2.51. The second-order valence-corrected chi connectivity index (χ2v) is 9.05. The van der Waals surface area contributed by atoms with E-state index < -0.39 is 0 Å². The Balaban J connectivity index is 1.45. The maximum absolute atomic E-state index is 5.66. The molecule has 1 aliphatic carbocycles. The topological polar surface area (TPSA) is 33.3 Å². The molecular formula is C18H27BrN2OS. The SMILES string of the molecule is CC(CNC1CCCC1C1COCCN1)Sc1ccc(Br)cc1.